The van der Waals surface area contributed by atoms with Gasteiger partial charge in [-0.3, -0.25) is 0 Å². The Morgan fingerprint density at radius 3 is 2.86 bits per heavy atom. The Morgan fingerprint density at radius 2 is 2.29 bits per heavy atom. The molecule has 0 aromatic heterocycles. The number of halogens is 1. The fourth-order valence-electron chi connectivity index (χ4n) is 1.23. The summed E-state index contributed by atoms with van der Waals surface area (Å²) in [6.45, 7) is 0.0881. The first kappa shape index (κ1) is 11.5. The molecule has 1 unspecified atom stereocenters. The minimum Gasteiger partial charge on any atom is -0.497 e. The maximum atomic E-state index is 8.79. The summed E-state index contributed by atoms with van der Waals surface area (Å²) in [5.74, 6) is 0.775. The zero-order valence-corrected chi connectivity index (χ0v) is 9.62. The van der Waals surface area contributed by atoms with Crippen molar-refractivity contribution in [1.82, 2.24) is 0 Å². The molecular weight excluding hydrogens is 246 g/mol. The molecule has 1 atom stereocenters. The number of ether oxygens (including phenoxy) is 1. The Hall–Kier alpha value is -0.580. The van der Waals surface area contributed by atoms with Gasteiger partial charge in [-0.2, -0.15) is 0 Å². The van der Waals surface area contributed by atoms with Crippen molar-refractivity contribution < 1.29 is 9.84 Å². The van der Waals surface area contributed by atoms with Crippen molar-refractivity contribution in [1.29, 1.82) is 0 Å². The molecule has 0 aliphatic heterocycles. The highest BCUT2D eigenvalue weighted by Gasteiger charge is 2.10. The van der Waals surface area contributed by atoms with E-state index in [0.29, 0.717) is 6.42 Å². The molecule has 0 saturated heterocycles. The molecule has 78 valence electrons. The van der Waals surface area contributed by atoms with E-state index in [0.717, 1.165) is 15.8 Å². The molecule has 0 fully saturated rings. The van der Waals surface area contributed by atoms with Crippen LogP contribution in [0, 0.1) is 0 Å². The summed E-state index contributed by atoms with van der Waals surface area (Å²) in [4.78, 5) is 0. The number of nitrogens with two attached hydrogens (primary N) is 1. The summed E-state index contributed by atoms with van der Waals surface area (Å²) in [5, 5.41) is 8.79. The van der Waals surface area contributed by atoms with E-state index in [-0.39, 0.29) is 12.6 Å². The third kappa shape index (κ3) is 2.70. The van der Waals surface area contributed by atoms with Crippen LogP contribution < -0.4 is 10.5 Å². The summed E-state index contributed by atoms with van der Waals surface area (Å²) >= 11 is 3.41. The fraction of sp³-hybridized carbons (Fsp3) is 0.400. The van der Waals surface area contributed by atoms with Gasteiger partial charge in [-0.25, -0.2) is 0 Å². The first-order valence-corrected chi connectivity index (χ1v) is 5.18. The number of hydrogen-bond donors (Lipinski definition) is 2. The SMILES string of the molecule is COc1ccc(Br)c(C(N)CCO)c1. The van der Waals surface area contributed by atoms with Gasteiger partial charge in [0.15, 0.2) is 0 Å². The largest absolute Gasteiger partial charge is 0.497 e. The first-order chi connectivity index (χ1) is 6.69. The summed E-state index contributed by atoms with van der Waals surface area (Å²) < 4.78 is 6.04. The second kappa shape index (κ2) is 5.34. The van der Waals surface area contributed by atoms with Gasteiger partial charge in [0.1, 0.15) is 5.75 Å². The lowest BCUT2D eigenvalue weighted by atomic mass is 10.1. The van der Waals surface area contributed by atoms with Crippen molar-refractivity contribution >= 4 is 15.9 Å². The Balaban J connectivity index is 2.93. The van der Waals surface area contributed by atoms with Crippen LogP contribution in [0.5, 0.6) is 5.75 Å². The molecule has 0 aliphatic rings. The molecule has 0 heterocycles. The Bertz CT molecular complexity index is 304. The first-order valence-electron chi connectivity index (χ1n) is 4.39. The number of rotatable bonds is 4. The number of hydrogen-bond acceptors (Lipinski definition) is 3. The van der Waals surface area contributed by atoms with Gasteiger partial charge in [0, 0.05) is 17.1 Å². The quantitative estimate of drug-likeness (QED) is 0.868. The summed E-state index contributed by atoms with van der Waals surface area (Å²) in [7, 11) is 1.62. The maximum absolute atomic E-state index is 8.79. The number of aliphatic hydroxyl groups is 1. The van der Waals surface area contributed by atoms with E-state index < -0.39 is 0 Å². The summed E-state index contributed by atoms with van der Waals surface area (Å²) in [5.41, 5.74) is 6.84. The van der Waals surface area contributed by atoms with Gasteiger partial charge >= 0.3 is 0 Å². The third-order valence-corrected chi connectivity index (χ3v) is 2.76. The Morgan fingerprint density at radius 1 is 1.57 bits per heavy atom. The van der Waals surface area contributed by atoms with Gasteiger partial charge < -0.3 is 15.6 Å². The van der Waals surface area contributed by atoms with Crippen molar-refractivity contribution in [3.05, 3.63) is 28.2 Å². The predicted molar refractivity (Wildman–Crippen MR) is 59.3 cm³/mol. The van der Waals surface area contributed by atoms with Crippen molar-refractivity contribution in [3.63, 3.8) is 0 Å². The zero-order chi connectivity index (χ0) is 10.6. The minimum atomic E-state index is -0.163. The van der Waals surface area contributed by atoms with Crippen LogP contribution in [0.2, 0.25) is 0 Å². The van der Waals surface area contributed by atoms with Crippen molar-refractivity contribution in [2.75, 3.05) is 13.7 Å². The van der Waals surface area contributed by atoms with Gasteiger partial charge in [0.2, 0.25) is 0 Å². The van der Waals surface area contributed by atoms with Crippen LogP contribution in [-0.2, 0) is 0 Å². The Labute approximate surface area is 92.0 Å². The van der Waals surface area contributed by atoms with Gasteiger partial charge in [-0.05, 0) is 30.2 Å². The van der Waals surface area contributed by atoms with Crippen LogP contribution >= 0.6 is 15.9 Å². The molecule has 0 aliphatic carbocycles. The van der Waals surface area contributed by atoms with Crippen LogP contribution in [0.4, 0.5) is 0 Å². The smallest absolute Gasteiger partial charge is 0.119 e. The minimum absolute atomic E-state index is 0.0881. The fourth-order valence-corrected chi connectivity index (χ4v) is 1.77. The maximum Gasteiger partial charge on any atom is 0.119 e. The van der Waals surface area contributed by atoms with E-state index >= 15 is 0 Å². The highest BCUT2D eigenvalue weighted by molar-refractivity contribution is 9.10. The van der Waals surface area contributed by atoms with E-state index in [1.165, 1.54) is 0 Å². The standard InChI is InChI=1S/C10H14BrNO2/c1-14-7-2-3-9(11)8(6-7)10(12)4-5-13/h2-3,6,10,13H,4-5,12H2,1H3. The second-order valence-electron chi connectivity index (χ2n) is 3.01. The molecule has 1 aromatic carbocycles. The van der Waals surface area contributed by atoms with Crippen LogP contribution in [0.3, 0.4) is 0 Å². The van der Waals surface area contributed by atoms with Crippen LogP contribution in [0.15, 0.2) is 22.7 Å². The summed E-state index contributed by atoms with van der Waals surface area (Å²) in [6, 6.07) is 5.47. The lowest BCUT2D eigenvalue weighted by molar-refractivity contribution is 0.276. The third-order valence-electron chi connectivity index (χ3n) is 2.04. The highest BCUT2D eigenvalue weighted by atomic mass is 79.9. The lowest BCUT2D eigenvalue weighted by Crippen LogP contribution is -2.12. The topological polar surface area (TPSA) is 55.5 Å². The number of aliphatic hydroxyl groups excluding tert-OH is 1. The van der Waals surface area contributed by atoms with Gasteiger partial charge in [0.25, 0.3) is 0 Å². The molecule has 0 amide bonds. The molecule has 1 aromatic rings. The number of methoxy groups -OCH3 is 1. The molecule has 4 heteroatoms. The highest BCUT2D eigenvalue weighted by Crippen LogP contribution is 2.27. The number of benzene rings is 1. The van der Waals surface area contributed by atoms with Crippen LogP contribution in [0.25, 0.3) is 0 Å². The van der Waals surface area contributed by atoms with E-state index in [1.807, 2.05) is 18.2 Å². The van der Waals surface area contributed by atoms with Gasteiger partial charge in [-0.1, -0.05) is 15.9 Å². The molecule has 14 heavy (non-hydrogen) atoms. The molecule has 1 rings (SSSR count). The molecule has 0 radical (unpaired) electrons. The van der Waals surface area contributed by atoms with Crippen LogP contribution in [-0.4, -0.2) is 18.8 Å². The second-order valence-corrected chi connectivity index (χ2v) is 3.86. The van der Waals surface area contributed by atoms with Gasteiger partial charge in [-0.15, -0.1) is 0 Å². The van der Waals surface area contributed by atoms with Gasteiger partial charge in [0.05, 0.1) is 7.11 Å². The average Bonchev–Trinajstić information content (AvgIpc) is 2.19. The molecular formula is C10H14BrNO2. The Kier molecular flexibility index (Phi) is 4.38. The molecule has 3 N–H and O–H groups in total. The van der Waals surface area contributed by atoms with Crippen LogP contribution in [0.1, 0.15) is 18.0 Å². The van der Waals surface area contributed by atoms with Crippen molar-refractivity contribution in [3.8, 4) is 5.75 Å². The van der Waals surface area contributed by atoms with E-state index in [4.69, 9.17) is 15.6 Å². The van der Waals surface area contributed by atoms with Crippen molar-refractivity contribution in [2.24, 2.45) is 5.73 Å². The lowest BCUT2D eigenvalue weighted by Gasteiger charge is -2.13. The monoisotopic (exact) mass is 259 g/mol. The molecule has 0 spiro atoms. The van der Waals surface area contributed by atoms with E-state index in [2.05, 4.69) is 15.9 Å². The van der Waals surface area contributed by atoms with E-state index in [9.17, 15) is 0 Å². The summed E-state index contributed by atoms with van der Waals surface area (Å²) in [6.07, 6.45) is 0.547. The normalized spacial score (nSPS) is 12.6. The predicted octanol–water partition coefficient (Wildman–Crippen LogP) is 1.84. The molecule has 0 bridgehead atoms. The zero-order valence-electron chi connectivity index (χ0n) is 8.03. The van der Waals surface area contributed by atoms with Crippen molar-refractivity contribution in [2.45, 2.75) is 12.5 Å². The molecule has 3 nitrogen and oxygen atoms in total. The van der Waals surface area contributed by atoms with E-state index in [1.54, 1.807) is 7.11 Å². The average molecular weight is 260 g/mol. The molecule has 0 saturated carbocycles.